The molecule has 1 saturated heterocycles. The Hall–Kier alpha value is -3.60. The third-order valence-electron chi connectivity index (χ3n) is 5.21. The van der Waals surface area contributed by atoms with Gasteiger partial charge in [0.05, 0.1) is 6.54 Å². The highest BCUT2D eigenvalue weighted by Crippen LogP contribution is 2.21. The maximum atomic E-state index is 14.8. The highest BCUT2D eigenvalue weighted by atomic mass is 19.3. The molecule has 1 fully saturated rings. The van der Waals surface area contributed by atoms with Crippen LogP contribution in [0.25, 0.3) is 0 Å². The van der Waals surface area contributed by atoms with Crippen molar-refractivity contribution in [2.75, 3.05) is 38.1 Å². The molecule has 33 heavy (non-hydrogen) atoms. The van der Waals surface area contributed by atoms with Gasteiger partial charge in [0.25, 0.3) is 5.91 Å². The van der Waals surface area contributed by atoms with Gasteiger partial charge in [0.2, 0.25) is 0 Å². The van der Waals surface area contributed by atoms with E-state index in [1.807, 2.05) is 13.1 Å². The van der Waals surface area contributed by atoms with Crippen molar-refractivity contribution in [3.8, 4) is 0 Å². The summed E-state index contributed by atoms with van der Waals surface area (Å²) in [5.74, 6) is -3.39. The number of likely N-dealkylation sites (N-methyl/N-ethyl adjacent to an activating group) is 1. The molecule has 176 valence electrons. The Morgan fingerprint density at radius 1 is 1.00 bits per heavy atom. The summed E-state index contributed by atoms with van der Waals surface area (Å²) in [5.41, 5.74) is 3.93. The van der Waals surface area contributed by atoms with E-state index in [-0.39, 0.29) is 23.7 Å². The first-order chi connectivity index (χ1) is 15.8. The lowest BCUT2D eigenvalue weighted by molar-refractivity contribution is -0.132. The summed E-state index contributed by atoms with van der Waals surface area (Å²) in [4.78, 5) is 41.4. The fraction of sp³-hybridized carbons (Fsp3) is 0.318. The standard InChI is InChI=1S/C22H24F3N5O3/c1-28-9-11-29(12-10-28)22(33)30(17-5-3-2-4-6-17)14-16-8-7-15(13-18(16)23)20(31)26-27-21(32)19(24)25/h2-8,13,19H,9-12,14H2,1H3,(H,26,31)(H,27,32). The molecule has 0 bridgehead atoms. The molecule has 3 rings (SSSR count). The van der Waals surface area contributed by atoms with Gasteiger partial charge in [-0.05, 0) is 31.3 Å². The minimum Gasteiger partial charge on any atom is -0.322 e. The van der Waals surface area contributed by atoms with E-state index in [9.17, 15) is 27.6 Å². The fourth-order valence-corrected chi connectivity index (χ4v) is 3.28. The quantitative estimate of drug-likeness (QED) is 0.666. The second kappa shape index (κ2) is 10.8. The van der Waals surface area contributed by atoms with E-state index in [0.717, 1.165) is 19.2 Å². The smallest absolute Gasteiger partial charge is 0.322 e. The van der Waals surface area contributed by atoms with Crippen molar-refractivity contribution in [1.29, 1.82) is 0 Å². The van der Waals surface area contributed by atoms with Crippen LogP contribution in [0.4, 0.5) is 23.7 Å². The van der Waals surface area contributed by atoms with E-state index in [0.29, 0.717) is 18.8 Å². The Kier molecular flexibility index (Phi) is 7.88. The molecule has 0 spiro atoms. The van der Waals surface area contributed by atoms with Gasteiger partial charge in [-0.1, -0.05) is 24.3 Å². The molecule has 1 heterocycles. The van der Waals surface area contributed by atoms with Crippen LogP contribution in [0.1, 0.15) is 15.9 Å². The maximum Gasteiger partial charge on any atom is 0.324 e. The highest BCUT2D eigenvalue weighted by molar-refractivity contribution is 5.96. The number of benzene rings is 2. The van der Waals surface area contributed by atoms with Crippen molar-refractivity contribution in [3.63, 3.8) is 0 Å². The zero-order chi connectivity index (χ0) is 24.0. The predicted octanol–water partition coefficient (Wildman–Crippen LogP) is 2.23. The van der Waals surface area contributed by atoms with Crippen LogP contribution in [0.15, 0.2) is 48.5 Å². The lowest BCUT2D eigenvalue weighted by Crippen LogP contribution is -2.52. The first kappa shape index (κ1) is 24.1. The molecule has 0 aliphatic carbocycles. The van der Waals surface area contributed by atoms with Gasteiger partial charge >= 0.3 is 18.4 Å². The van der Waals surface area contributed by atoms with E-state index in [1.165, 1.54) is 17.0 Å². The summed E-state index contributed by atoms with van der Waals surface area (Å²) in [7, 11) is 1.97. The van der Waals surface area contributed by atoms with Crippen LogP contribution >= 0.6 is 0 Å². The number of nitrogens with one attached hydrogen (secondary N) is 2. The van der Waals surface area contributed by atoms with Crippen molar-refractivity contribution < 1.29 is 27.6 Å². The van der Waals surface area contributed by atoms with Gasteiger partial charge in [0, 0.05) is 43.0 Å². The lowest BCUT2D eigenvalue weighted by atomic mass is 10.1. The van der Waals surface area contributed by atoms with Gasteiger partial charge < -0.3 is 9.80 Å². The van der Waals surface area contributed by atoms with Crippen LogP contribution in [0.2, 0.25) is 0 Å². The largest absolute Gasteiger partial charge is 0.324 e. The number of rotatable bonds is 5. The Bertz CT molecular complexity index is 998. The van der Waals surface area contributed by atoms with Gasteiger partial charge in [-0.15, -0.1) is 0 Å². The number of alkyl halides is 2. The van der Waals surface area contributed by atoms with Crippen molar-refractivity contribution in [2.45, 2.75) is 13.0 Å². The number of amides is 4. The van der Waals surface area contributed by atoms with Gasteiger partial charge in [-0.3, -0.25) is 25.3 Å². The molecule has 0 aromatic heterocycles. The number of urea groups is 1. The van der Waals surface area contributed by atoms with Gasteiger partial charge in [0.15, 0.2) is 0 Å². The minimum atomic E-state index is -3.30. The van der Waals surface area contributed by atoms with E-state index in [1.54, 1.807) is 40.0 Å². The van der Waals surface area contributed by atoms with Crippen molar-refractivity contribution in [1.82, 2.24) is 20.7 Å². The van der Waals surface area contributed by atoms with E-state index in [4.69, 9.17) is 0 Å². The third kappa shape index (κ3) is 6.22. The molecule has 8 nitrogen and oxygen atoms in total. The number of piperazine rings is 1. The maximum absolute atomic E-state index is 14.8. The zero-order valence-electron chi connectivity index (χ0n) is 17.9. The van der Waals surface area contributed by atoms with Crippen molar-refractivity contribution >= 4 is 23.5 Å². The zero-order valence-corrected chi connectivity index (χ0v) is 17.9. The number of nitrogens with zero attached hydrogens (tertiary/aromatic N) is 3. The first-order valence-corrected chi connectivity index (χ1v) is 10.2. The van der Waals surface area contributed by atoms with E-state index in [2.05, 4.69) is 4.90 Å². The van der Waals surface area contributed by atoms with Crippen molar-refractivity contribution in [3.05, 3.63) is 65.5 Å². The number of hydrazine groups is 1. The molecule has 4 amide bonds. The fourth-order valence-electron chi connectivity index (χ4n) is 3.28. The average molecular weight is 463 g/mol. The molecule has 2 N–H and O–H groups in total. The molecule has 0 radical (unpaired) electrons. The number of anilines is 1. The number of hydrogen-bond donors (Lipinski definition) is 2. The van der Waals surface area contributed by atoms with Gasteiger partial charge in [0.1, 0.15) is 5.82 Å². The second-order valence-corrected chi connectivity index (χ2v) is 7.54. The Morgan fingerprint density at radius 3 is 2.27 bits per heavy atom. The number of para-hydroxylation sites is 1. The Labute approximate surface area is 188 Å². The van der Waals surface area contributed by atoms with E-state index >= 15 is 0 Å². The number of hydrogen-bond acceptors (Lipinski definition) is 4. The van der Waals surface area contributed by atoms with Crippen LogP contribution in [-0.4, -0.2) is 67.3 Å². The van der Waals surface area contributed by atoms with Crippen LogP contribution < -0.4 is 15.8 Å². The summed E-state index contributed by atoms with van der Waals surface area (Å²) in [5, 5.41) is 0. The Balaban J connectivity index is 1.76. The summed E-state index contributed by atoms with van der Waals surface area (Å²) >= 11 is 0. The van der Waals surface area contributed by atoms with Crippen LogP contribution in [0, 0.1) is 5.82 Å². The molecule has 0 unspecified atom stereocenters. The number of carbonyl (C=O) groups excluding carboxylic acids is 3. The first-order valence-electron chi connectivity index (χ1n) is 10.2. The third-order valence-corrected chi connectivity index (χ3v) is 5.21. The molecular formula is C22H24F3N5O3. The molecule has 0 atom stereocenters. The number of carbonyl (C=O) groups is 3. The topological polar surface area (TPSA) is 85.0 Å². The summed E-state index contributed by atoms with van der Waals surface area (Å²) in [6.07, 6.45) is -3.30. The molecule has 2 aromatic carbocycles. The second-order valence-electron chi connectivity index (χ2n) is 7.54. The van der Waals surface area contributed by atoms with Gasteiger partial charge in [-0.25, -0.2) is 9.18 Å². The highest BCUT2D eigenvalue weighted by Gasteiger charge is 2.26. The molecule has 1 aliphatic heterocycles. The van der Waals surface area contributed by atoms with Gasteiger partial charge in [-0.2, -0.15) is 8.78 Å². The lowest BCUT2D eigenvalue weighted by Gasteiger charge is -2.36. The molecule has 2 aromatic rings. The normalized spacial score (nSPS) is 14.2. The molecule has 11 heteroatoms. The predicted molar refractivity (Wildman–Crippen MR) is 115 cm³/mol. The van der Waals surface area contributed by atoms with Crippen LogP contribution in [0.3, 0.4) is 0 Å². The minimum absolute atomic E-state index is 0.0783. The monoisotopic (exact) mass is 463 g/mol. The summed E-state index contributed by atoms with van der Waals surface area (Å²) < 4.78 is 39.3. The van der Waals surface area contributed by atoms with Crippen molar-refractivity contribution in [2.24, 2.45) is 0 Å². The molecule has 1 aliphatic rings. The van der Waals surface area contributed by atoms with Crippen LogP contribution in [0.5, 0.6) is 0 Å². The Morgan fingerprint density at radius 2 is 1.67 bits per heavy atom. The summed E-state index contributed by atoms with van der Waals surface area (Å²) in [6.45, 7) is 2.48. The van der Waals surface area contributed by atoms with Crippen LogP contribution in [-0.2, 0) is 11.3 Å². The molecule has 0 saturated carbocycles. The summed E-state index contributed by atoms with van der Waals surface area (Å²) in [6, 6.07) is 12.1. The SMILES string of the molecule is CN1CCN(C(=O)N(Cc2ccc(C(=O)NNC(=O)C(F)F)cc2F)c2ccccc2)CC1. The number of halogens is 3. The van der Waals surface area contributed by atoms with E-state index < -0.39 is 24.1 Å². The average Bonchev–Trinajstić information content (AvgIpc) is 2.82. The molecular weight excluding hydrogens is 439 g/mol.